The summed E-state index contributed by atoms with van der Waals surface area (Å²) < 4.78 is 37.1. The summed E-state index contributed by atoms with van der Waals surface area (Å²) in [7, 11) is 0. The number of Topliss-reactive ketones (excluding diaryl/α,β-unsaturated/α-hetero) is 1. The zero-order chi connectivity index (χ0) is 19.6. The average molecular weight is 395 g/mol. The first-order valence-electron chi connectivity index (χ1n) is 7.97. The summed E-state index contributed by atoms with van der Waals surface area (Å²) in [6.07, 6.45) is 1.46. The van der Waals surface area contributed by atoms with E-state index in [0.29, 0.717) is 5.76 Å². The largest absolute Gasteiger partial charge is 0.466 e. The SMILES string of the molecule is CC(=O)N1[C@@H](C(=O)OCC(=O)c2cc(F)ccc2F)CS[C@@H]1c1ccco1. The molecule has 1 aromatic carbocycles. The van der Waals surface area contributed by atoms with E-state index in [2.05, 4.69) is 0 Å². The van der Waals surface area contributed by atoms with Gasteiger partial charge in [0.15, 0.2) is 6.61 Å². The van der Waals surface area contributed by atoms with Gasteiger partial charge in [0, 0.05) is 12.7 Å². The number of hydrogen-bond donors (Lipinski definition) is 0. The van der Waals surface area contributed by atoms with Crippen LogP contribution in [0.5, 0.6) is 0 Å². The van der Waals surface area contributed by atoms with Gasteiger partial charge in [-0.1, -0.05) is 0 Å². The molecule has 27 heavy (non-hydrogen) atoms. The van der Waals surface area contributed by atoms with Crippen LogP contribution in [0.25, 0.3) is 0 Å². The lowest BCUT2D eigenvalue weighted by Gasteiger charge is -2.25. The molecule has 2 aromatic rings. The maximum Gasteiger partial charge on any atom is 0.330 e. The Morgan fingerprint density at radius 2 is 2.07 bits per heavy atom. The van der Waals surface area contributed by atoms with Crippen LogP contribution in [0.2, 0.25) is 0 Å². The molecule has 0 spiro atoms. The fourth-order valence-electron chi connectivity index (χ4n) is 2.75. The third-order valence-electron chi connectivity index (χ3n) is 4.00. The van der Waals surface area contributed by atoms with Crippen molar-refractivity contribution in [3.63, 3.8) is 0 Å². The number of hydrogen-bond acceptors (Lipinski definition) is 6. The average Bonchev–Trinajstić information content (AvgIpc) is 3.30. The first-order chi connectivity index (χ1) is 12.9. The molecular formula is C18H15F2NO5S. The third-order valence-corrected chi connectivity index (χ3v) is 5.28. The number of ether oxygens (including phenoxy) is 1. The lowest BCUT2D eigenvalue weighted by Crippen LogP contribution is -2.43. The fourth-order valence-corrected chi connectivity index (χ4v) is 4.16. The van der Waals surface area contributed by atoms with E-state index in [9.17, 15) is 23.2 Å². The molecule has 1 fully saturated rings. The number of nitrogens with zero attached hydrogens (tertiary/aromatic N) is 1. The normalized spacial score (nSPS) is 19.1. The number of carbonyl (C=O) groups excluding carboxylic acids is 3. The molecule has 0 saturated carbocycles. The molecule has 3 rings (SSSR count). The number of thioether (sulfide) groups is 1. The molecule has 2 atom stereocenters. The van der Waals surface area contributed by atoms with Crippen molar-refractivity contribution in [2.45, 2.75) is 18.3 Å². The van der Waals surface area contributed by atoms with Crippen LogP contribution in [0.15, 0.2) is 41.0 Å². The van der Waals surface area contributed by atoms with E-state index in [-0.39, 0.29) is 11.7 Å². The summed E-state index contributed by atoms with van der Waals surface area (Å²) in [6, 6.07) is 4.90. The number of ketones is 1. The van der Waals surface area contributed by atoms with E-state index in [1.54, 1.807) is 12.1 Å². The molecule has 0 aliphatic carbocycles. The molecule has 2 heterocycles. The maximum absolute atomic E-state index is 13.6. The fraction of sp³-hybridized carbons (Fsp3) is 0.278. The Morgan fingerprint density at radius 1 is 1.30 bits per heavy atom. The summed E-state index contributed by atoms with van der Waals surface area (Å²) in [4.78, 5) is 37.7. The highest BCUT2D eigenvalue weighted by atomic mass is 32.2. The van der Waals surface area contributed by atoms with E-state index in [4.69, 9.17) is 9.15 Å². The van der Waals surface area contributed by atoms with Crippen LogP contribution in [0.1, 0.15) is 28.4 Å². The van der Waals surface area contributed by atoms with E-state index < -0.39 is 47.0 Å². The lowest BCUT2D eigenvalue weighted by atomic mass is 10.1. The summed E-state index contributed by atoms with van der Waals surface area (Å²) >= 11 is 1.32. The molecule has 0 radical (unpaired) electrons. The van der Waals surface area contributed by atoms with Gasteiger partial charge in [0.25, 0.3) is 0 Å². The second-order valence-electron chi connectivity index (χ2n) is 5.80. The highest BCUT2D eigenvalue weighted by Crippen LogP contribution is 2.41. The minimum atomic E-state index is -0.909. The Labute approximate surface area is 157 Å². The van der Waals surface area contributed by atoms with Crippen LogP contribution in [0.3, 0.4) is 0 Å². The Balaban J connectivity index is 1.67. The molecule has 0 unspecified atom stereocenters. The number of esters is 1. The third kappa shape index (κ3) is 4.02. The van der Waals surface area contributed by atoms with Crippen molar-refractivity contribution in [1.29, 1.82) is 0 Å². The van der Waals surface area contributed by atoms with Crippen molar-refractivity contribution in [3.05, 3.63) is 59.6 Å². The van der Waals surface area contributed by atoms with Crippen molar-refractivity contribution >= 4 is 29.4 Å². The minimum absolute atomic E-state index is 0.256. The number of rotatable bonds is 5. The summed E-state index contributed by atoms with van der Waals surface area (Å²) in [6.45, 7) is 0.562. The Morgan fingerprint density at radius 3 is 2.74 bits per heavy atom. The predicted molar refractivity (Wildman–Crippen MR) is 91.9 cm³/mol. The highest BCUT2D eigenvalue weighted by molar-refractivity contribution is 7.99. The smallest absolute Gasteiger partial charge is 0.330 e. The molecule has 1 saturated heterocycles. The van der Waals surface area contributed by atoms with Gasteiger partial charge in [0.05, 0.1) is 11.8 Å². The molecule has 1 aromatic heterocycles. The molecule has 1 aliphatic heterocycles. The summed E-state index contributed by atoms with van der Waals surface area (Å²) in [5, 5.41) is -0.480. The van der Waals surface area contributed by atoms with Gasteiger partial charge < -0.3 is 14.1 Å². The van der Waals surface area contributed by atoms with Crippen LogP contribution < -0.4 is 0 Å². The van der Waals surface area contributed by atoms with Gasteiger partial charge in [-0.3, -0.25) is 9.59 Å². The van der Waals surface area contributed by atoms with Crippen LogP contribution >= 0.6 is 11.8 Å². The number of halogens is 2. The molecule has 6 nitrogen and oxygen atoms in total. The number of benzene rings is 1. The molecule has 0 N–H and O–H groups in total. The monoisotopic (exact) mass is 395 g/mol. The van der Waals surface area contributed by atoms with Crippen LogP contribution in [0, 0.1) is 11.6 Å². The Hall–Kier alpha value is -2.68. The highest BCUT2D eigenvalue weighted by Gasteiger charge is 2.43. The first kappa shape index (κ1) is 19.1. The Kier molecular flexibility index (Phi) is 5.59. The van der Waals surface area contributed by atoms with Gasteiger partial charge in [-0.2, -0.15) is 0 Å². The van der Waals surface area contributed by atoms with Gasteiger partial charge in [-0.25, -0.2) is 13.6 Å². The first-order valence-corrected chi connectivity index (χ1v) is 9.02. The van der Waals surface area contributed by atoms with E-state index >= 15 is 0 Å². The van der Waals surface area contributed by atoms with Gasteiger partial charge in [-0.05, 0) is 30.3 Å². The van der Waals surface area contributed by atoms with Crippen LogP contribution in [-0.4, -0.2) is 41.0 Å². The number of carbonyl (C=O) groups is 3. The van der Waals surface area contributed by atoms with E-state index in [0.717, 1.165) is 18.2 Å². The van der Waals surface area contributed by atoms with Gasteiger partial charge in [-0.15, -0.1) is 11.8 Å². The van der Waals surface area contributed by atoms with Gasteiger partial charge in [0.2, 0.25) is 11.7 Å². The van der Waals surface area contributed by atoms with Gasteiger partial charge >= 0.3 is 5.97 Å². The number of amides is 1. The van der Waals surface area contributed by atoms with Crippen molar-refractivity contribution in [2.24, 2.45) is 0 Å². The maximum atomic E-state index is 13.6. The van der Waals surface area contributed by atoms with Crippen molar-refractivity contribution in [3.8, 4) is 0 Å². The number of furan rings is 1. The van der Waals surface area contributed by atoms with E-state index in [1.165, 1.54) is 29.8 Å². The summed E-state index contributed by atoms with van der Waals surface area (Å²) in [5.41, 5.74) is -0.500. The Bertz CT molecular complexity index is 871. The molecule has 1 amide bonds. The second kappa shape index (κ2) is 7.91. The quantitative estimate of drug-likeness (QED) is 0.572. The van der Waals surface area contributed by atoms with Gasteiger partial charge in [0.1, 0.15) is 28.8 Å². The second-order valence-corrected chi connectivity index (χ2v) is 6.91. The van der Waals surface area contributed by atoms with Crippen molar-refractivity contribution in [1.82, 2.24) is 4.90 Å². The molecule has 142 valence electrons. The zero-order valence-electron chi connectivity index (χ0n) is 14.2. The van der Waals surface area contributed by atoms with E-state index in [1.807, 2.05) is 0 Å². The molecular weight excluding hydrogens is 380 g/mol. The lowest BCUT2D eigenvalue weighted by molar-refractivity contribution is -0.152. The van der Waals surface area contributed by atoms with Crippen molar-refractivity contribution < 1.29 is 32.3 Å². The van der Waals surface area contributed by atoms with Crippen LogP contribution in [0.4, 0.5) is 8.78 Å². The van der Waals surface area contributed by atoms with Crippen LogP contribution in [-0.2, 0) is 14.3 Å². The standard InChI is InChI=1S/C18H15F2NO5S/c1-10(22)21-14(9-27-17(21)16-3-2-6-25-16)18(24)26-8-15(23)12-7-11(19)4-5-13(12)20/h2-7,14,17H,8-9H2,1H3/t14-,17-/m1/s1. The molecule has 1 aliphatic rings. The molecule has 9 heteroatoms. The zero-order valence-corrected chi connectivity index (χ0v) is 15.0. The minimum Gasteiger partial charge on any atom is -0.466 e. The summed E-state index contributed by atoms with van der Waals surface area (Å²) in [5.74, 6) is -2.93. The topological polar surface area (TPSA) is 76.8 Å². The predicted octanol–water partition coefficient (Wildman–Crippen LogP) is 2.95. The molecule has 0 bridgehead atoms. The van der Waals surface area contributed by atoms with Crippen molar-refractivity contribution in [2.75, 3.05) is 12.4 Å².